The lowest BCUT2D eigenvalue weighted by atomic mass is 9.82. The molecule has 3 aliphatic rings. The Hall–Kier alpha value is -1.90. The fourth-order valence-corrected chi connectivity index (χ4v) is 6.62. The Bertz CT molecular complexity index is 1240. The smallest absolute Gasteiger partial charge is 0.230 e. The highest BCUT2D eigenvalue weighted by atomic mass is 127. The van der Waals surface area contributed by atoms with E-state index in [1.165, 1.54) is 38.5 Å². The van der Waals surface area contributed by atoms with Crippen molar-refractivity contribution >= 4 is 34.8 Å². The van der Waals surface area contributed by atoms with Gasteiger partial charge in [0, 0.05) is 11.1 Å². The molecule has 2 fully saturated rings. The van der Waals surface area contributed by atoms with Gasteiger partial charge in [-0.3, -0.25) is 19.2 Å². The molecule has 42 heavy (non-hydrogen) atoms. The molecular formula is C32H42I2N4O4. The Morgan fingerprint density at radius 1 is 0.619 bits per heavy atom. The maximum absolute atomic E-state index is 13.9. The van der Waals surface area contributed by atoms with Gasteiger partial charge < -0.3 is 67.6 Å². The minimum Gasteiger partial charge on any atom is -1.00 e. The predicted octanol–water partition coefficient (Wildman–Crippen LogP) is -1.61. The van der Waals surface area contributed by atoms with Crippen molar-refractivity contribution in [3.05, 3.63) is 58.7 Å². The van der Waals surface area contributed by atoms with E-state index in [9.17, 15) is 19.2 Å². The van der Waals surface area contributed by atoms with Crippen molar-refractivity contribution < 1.29 is 76.1 Å². The molecule has 2 aromatic rings. The molecule has 0 atom stereocenters. The van der Waals surface area contributed by atoms with Gasteiger partial charge in [0.1, 0.15) is 0 Å². The third-order valence-electron chi connectivity index (χ3n) is 9.17. The normalized spacial score (nSPS) is 18.4. The minimum atomic E-state index is -0.360. The van der Waals surface area contributed by atoms with Crippen LogP contribution in [-0.4, -0.2) is 85.7 Å². The number of amides is 2. The first-order valence-corrected chi connectivity index (χ1v) is 14.8. The monoisotopic (exact) mass is 800 g/mol. The zero-order valence-corrected chi connectivity index (χ0v) is 29.0. The van der Waals surface area contributed by atoms with E-state index in [2.05, 4.69) is 24.7 Å². The second-order valence-electron chi connectivity index (χ2n) is 12.4. The Morgan fingerprint density at radius 3 is 1.38 bits per heavy atom. The summed E-state index contributed by atoms with van der Waals surface area (Å²) in [7, 11) is 4.39. The van der Waals surface area contributed by atoms with Crippen LogP contribution in [0, 0.1) is 0 Å². The molecule has 1 aliphatic carbocycles. The summed E-state index contributed by atoms with van der Waals surface area (Å²) in [5, 5.41) is 5.84. The average molecular weight is 801 g/mol. The van der Waals surface area contributed by atoms with Gasteiger partial charge in [0.2, 0.25) is 11.8 Å². The molecule has 2 amide bonds. The average Bonchev–Trinajstić information content (AvgIpc) is 2.94. The molecule has 2 aliphatic heterocycles. The summed E-state index contributed by atoms with van der Waals surface area (Å²) in [5.74, 6) is -0.975. The summed E-state index contributed by atoms with van der Waals surface area (Å²) in [6.45, 7) is 5.78. The molecule has 228 valence electrons. The van der Waals surface area contributed by atoms with Crippen molar-refractivity contribution in [3.63, 3.8) is 0 Å². The van der Waals surface area contributed by atoms with Gasteiger partial charge in [0.25, 0.3) is 0 Å². The number of benzene rings is 2. The van der Waals surface area contributed by atoms with Crippen LogP contribution in [0.3, 0.4) is 0 Å². The molecule has 2 aromatic carbocycles. The van der Waals surface area contributed by atoms with Crippen LogP contribution in [0.5, 0.6) is 0 Å². The van der Waals surface area contributed by atoms with E-state index in [0.29, 0.717) is 24.2 Å². The first-order chi connectivity index (χ1) is 19.2. The molecular weight excluding hydrogens is 758 g/mol. The zero-order valence-electron chi connectivity index (χ0n) is 24.6. The third-order valence-corrected chi connectivity index (χ3v) is 9.17. The van der Waals surface area contributed by atoms with Crippen LogP contribution in [0.15, 0.2) is 36.4 Å². The summed E-state index contributed by atoms with van der Waals surface area (Å²) in [6.07, 6.45) is 7.89. The number of anilines is 2. The number of carbonyl (C=O) groups excluding carboxylic acids is 4. The SMILES string of the molecule is C[N+]1(CCC(=O)Nc2cccc3c2C(=O)c2c(NC(=O)CC[N+]4(C)CCCCC4)cccc2C3=O)CCCCC1.[I-].[I-]. The third kappa shape index (κ3) is 7.78. The van der Waals surface area contributed by atoms with E-state index in [1.54, 1.807) is 36.4 Å². The van der Waals surface area contributed by atoms with Gasteiger partial charge in [0.05, 0.1) is 88.7 Å². The number of likely N-dealkylation sites (tertiary alicyclic amines) is 2. The highest BCUT2D eigenvalue weighted by Crippen LogP contribution is 2.35. The van der Waals surface area contributed by atoms with Crippen molar-refractivity contribution in [1.29, 1.82) is 0 Å². The van der Waals surface area contributed by atoms with Gasteiger partial charge in [-0.2, -0.15) is 0 Å². The van der Waals surface area contributed by atoms with Crippen molar-refractivity contribution in [2.24, 2.45) is 0 Å². The Morgan fingerprint density at radius 2 is 1.00 bits per heavy atom. The molecule has 8 nitrogen and oxygen atoms in total. The summed E-state index contributed by atoms with van der Waals surface area (Å²) in [5.41, 5.74) is 1.63. The number of nitrogens with zero attached hydrogens (tertiary/aromatic N) is 2. The number of quaternary nitrogens is 2. The Labute approximate surface area is 283 Å². The molecule has 0 bridgehead atoms. The fourth-order valence-electron chi connectivity index (χ4n) is 6.62. The first kappa shape index (κ1) is 34.6. The van der Waals surface area contributed by atoms with Gasteiger partial charge in [-0.1, -0.05) is 24.3 Å². The number of halogens is 2. The lowest BCUT2D eigenvalue weighted by molar-refractivity contribution is -0.913. The van der Waals surface area contributed by atoms with Crippen LogP contribution in [0.1, 0.15) is 83.2 Å². The summed E-state index contributed by atoms with van der Waals surface area (Å²) >= 11 is 0. The largest absolute Gasteiger partial charge is 1.00 e. The molecule has 0 spiro atoms. The molecule has 10 heteroatoms. The van der Waals surface area contributed by atoms with Crippen LogP contribution in [0.25, 0.3) is 0 Å². The predicted molar refractivity (Wildman–Crippen MR) is 156 cm³/mol. The molecule has 2 saturated heterocycles. The second kappa shape index (κ2) is 14.7. The van der Waals surface area contributed by atoms with Gasteiger partial charge >= 0.3 is 0 Å². The lowest BCUT2D eigenvalue weighted by Gasteiger charge is -2.37. The number of rotatable bonds is 8. The van der Waals surface area contributed by atoms with E-state index in [0.717, 1.165) is 48.2 Å². The van der Waals surface area contributed by atoms with Crippen LogP contribution in [0.4, 0.5) is 11.4 Å². The maximum atomic E-state index is 13.9. The molecule has 0 saturated carbocycles. The number of hydrogen-bond acceptors (Lipinski definition) is 4. The number of hydrogen-bond donors (Lipinski definition) is 2. The quantitative estimate of drug-likeness (QED) is 0.212. The molecule has 2 N–H and O–H groups in total. The number of ketones is 2. The fraction of sp³-hybridized carbons (Fsp3) is 0.500. The van der Waals surface area contributed by atoms with E-state index in [-0.39, 0.29) is 93.6 Å². The maximum Gasteiger partial charge on any atom is 0.230 e. The van der Waals surface area contributed by atoms with Gasteiger partial charge in [0.15, 0.2) is 11.6 Å². The number of fused-ring (bicyclic) bond motifs is 2. The zero-order chi connectivity index (χ0) is 28.3. The molecule has 0 unspecified atom stereocenters. The lowest BCUT2D eigenvalue weighted by Crippen LogP contribution is -3.00. The molecule has 2 heterocycles. The first-order valence-electron chi connectivity index (χ1n) is 14.8. The van der Waals surface area contributed by atoms with Crippen LogP contribution in [0.2, 0.25) is 0 Å². The topological polar surface area (TPSA) is 92.3 Å². The van der Waals surface area contributed by atoms with Gasteiger partial charge in [-0.05, 0) is 50.7 Å². The van der Waals surface area contributed by atoms with Crippen molar-refractivity contribution in [2.75, 3.05) is 64.0 Å². The van der Waals surface area contributed by atoms with Crippen LogP contribution < -0.4 is 58.6 Å². The summed E-state index contributed by atoms with van der Waals surface area (Å²) in [6, 6.07) is 9.99. The second-order valence-corrected chi connectivity index (χ2v) is 12.4. The summed E-state index contributed by atoms with van der Waals surface area (Å²) < 4.78 is 1.76. The van der Waals surface area contributed by atoms with E-state index in [4.69, 9.17) is 0 Å². The minimum absolute atomic E-state index is 0. The number of carbonyl (C=O) groups is 4. The molecule has 0 radical (unpaired) electrons. The van der Waals surface area contributed by atoms with Crippen LogP contribution in [-0.2, 0) is 9.59 Å². The number of piperidine rings is 2. The summed E-state index contributed by atoms with van der Waals surface area (Å²) in [4.78, 5) is 53.4. The number of nitrogens with one attached hydrogen (secondary N) is 2. The highest BCUT2D eigenvalue weighted by molar-refractivity contribution is 6.32. The van der Waals surface area contributed by atoms with E-state index in [1.807, 2.05) is 0 Å². The van der Waals surface area contributed by atoms with E-state index < -0.39 is 0 Å². The highest BCUT2D eigenvalue weighted by Gasteiger charge is 2.35. The van der Waals surface area contributed by atoms with Crippen molar-refractivity contribution in [1.82, 2.24) is 0 Å². The van der Waals surface area contributed by atoms with E-state index >= 15 is 0 Å². The van der Waals surface area contributed by atoms with Gasteiger partial charge in [-0.15, -0.1) is 0 Å². The molecule has 0 aromatic heterocycles. The Kier molecular flexibility index (Phi) is 12.1. The van der Waals surface area contributed by atoms with Crippen LogP contribution >= 0.6 is 0 Å². The van der Waals surface area contributed by atoms with Crippen molar-refractivity contribution in [3.8, 4) is 0 Å². The Balaban J connectivity index is 0.00000242. The standard InChI is InChI=1S/C32H40N4O4.2HI/c1-35(17-5-3-6-18-35)21-15-27(37)33-25-13-9-11-23-29(25)32(40)30-24(31(23)39)12-10-14-26(30)34-28(38)16-22-36(2)19-7-4-8-20-36;;/h9-14H,3-8,15-22H2,1-2H3;2*1H. The van der Waals surface area contributed by atoms with Gasteiger partial charge in [-0.25, -0.2) is 0 Å². The van der Waals surface area contributed by atoms with Crippen molar-refractivity contribution in [2.45, 2.75) is 51.4 Å². The molecule has 5 rings (SSSR count).